The number of H-pyrrole nitrogens is 1. The molecule has 5 atom stereocenters. The average Bonchev–Trinajstić information content (AvgIpc) is 3.84. The van der Waals surface area contributed by atoms with E-state index in [1.54, 1.807) is 12.1 Å². The van der Waals surface area contributed by atoms with Gasteiger partial charge in [0.1, 0.15) is 42.9 Å². The molecule has 0 saturated carbocycles. The number of amides is 1. The third-order valence-electron chi connectivity index (χ3n) is 14.2. The molecule has 76 heavy (non-hydrogen) atoms. The Balaban J connectivity index is 0.852. The minimum atomic E-state index is -5.82. The fourth-order valence-electron chi connectivity index (χ4n) is 11.1. The van der Waals surface area contributed by atoms with Gasteiger partial charge in [0, 0.05) is 99.7 Å². The van der Waals surface area contributed by atoms with Crippen molar-refractivity contribution in [2.45, 2.75) is 102 Å². The number of carboxylic acid groups (broad SMARTS) is 1. The van der Waals surface area contributed by atoms with Crippen molar-refractivity contribution in [2.24, 2.45) is 0 Å². The number of fused-ring (bicyclic) bond motifs is 4. The van der Waals surface area contributed by atoms with Gasteiger partial charge in [-0.3, -0.25) is 23.7 Å². The first kappa shape index (κ1) is 54.9. The highest BCUT2D eigenvalue weighted by atomic mass is 33.1. The smallest absolute Gasteiger partial charge is 0.490 e. The number of anilines is 1. The van der Waals surface area contributed by atoms with Gasteiger partial charge in [-0.1, -0.05) is 27.7 Å². The highest BCUT2D eigenvalue weighted by Gasteiger charge is 2.44. The van der Waals surface area contributed by atoms with Crippen molar-refractivity contribution in [3.05, 3.63) is 118 Å². The third-order valence-corrected chi connectivity index (χ3v) is 20.9. The second-order valence-corrected chi connectivity index (χ2v) is 27.5. The lowest BCUT2D eigenvalue weighted by Crippen LogP contribution is -2.45. The SMILES string of the molecule is Cc1cn([C@H]2C[C@@H](OCSSC(C)(C)CNC(=O)c3ccc(C4=c5cc6c7c(c5Oc5c4cc4c8c5CCCN8CCC4)CCC[N+]=7CCC6)c(C(=O)[O-])c3)[C@@H](COP(=O)(O)OP(=O)(O)OP(=O)(O)O)O2)c(=O)[nH]c1=O. The molecule has 6 aliphatic rings. The molecule has 6 N–H and O–H groups in total. The highest BCUT2D eigenvalue weighted by Crippen LogP contribution is 2.66. The van der Waals surface area contributed by atoms with Crippen molar-refractivity contribution in [3.8, 4) is 11.5 Å². The quantitative estimate of drug-likeness (QED) is 0.0241. The van der Waals surface area contributed by atoms with Gasteiger partial charge in [-0.15, -0.1) is 0 Å². The van der Waals surface area contributed by atoms with Crippen molar-refractivity contribution in [2.75, 3.05) is 50.2 Å². The Morgan fingerprint density at radius 2 is 1.64 bits per heavy atom. The molecule has 408 valence electrons. The van der Waals surface area contributed by atoms with Gasteiger partial charge in [0.05, 0.1) is 24.2 Å². The molecule has 6 aliphatic heterocycles. The molecule has 28 heteroatoms. The Labute approximate surface area is 442 Å². The number of carbonyl (C=O) groups excluding carboxylic acids is 2. The molecule has 10 rings (SSSR count). The van der Waals surface area contributed by atoms with Gasteiger partial charge in [0.25, 0.3) is 11.5 Å². The van der Waals surface area contributed by atoms with Crippen LogP contribution in [0.25, 0.3) is 5.57 Å². The fourth-order valence-corrected chi connectivity index (χ4v) is 16.3. The predicted molar refractivity (Wildman–Crippen MR) is 277 cm³/mol. The maximum atomic E-state index is 13.9. The summed E-state index contributed by atoms with van der Waals surface area (Å²) in [7, 11) is -14.5. The number of rotatable bonds is 18. The lowest BCUT2D eigenvalue weighted by atomic mass is 9.81. The zero-order chi connectivity index (χ0) is 54.1. The Kier molecular flexibility index (Phi) is 15.4. The molecule has 1 saturated heterocycles. The molecule has 1 fully saturated rings. The first-order valence-corrected chi connectivity index (χ1v) is 31.5. The maximum absolute atomic E-state index is 13.9. The van der Waals surface area contributed by atoms with Gasteiger partial charge < -0.3 is 53.9 Å². The summed E-state index contributed by atoms with van der Waals surface area (Å²) in [5, 5.41) is 18.3. The van der Waals surface area contributed by atoms with Gasteiger partial charge in [-0.2, -0.15) is 8.62 Å². The summed E-state index contributed by atoms with van der Waals surface area (Å²) in [6, 6.07) is 9.10. The summed E-state index contributed by atoms with van der Waals surface area (Å²) in [5.74, 6) is -0.456. The van der Waals surface area contributed by atoms with Crippen molar-refractivity contribution < 1.29 is 75.3 Å². The molecule has 7 heterocycles. The number of ether oxygens (including phenoxy) is 3. The standard InChI is InChI=1S/C48H56N5O18P3S2/c1-26-22-53(47(58)50-44(26)54)38-21-36(37(68-38)23-67-73(62,63)71-74(64,65)70-72(59,60)61)66-25-75-76-48(2,3)24-49-45(55)29-12-13-30(33(20-29)46(56)57)39-34-18-27-8-4-14-51-16-6-10-31(40(27)51)42(34)69-43-32-11-7-17-52-15-5-9-28(41(32)52)19-35(39)43/h12-13,18-20,22,36-38H,4-11,14-17,21,23-25H2,1-3H3,(H6-,49,50,54,55,56,57,58,59,60,61,62,63,64,65)/t36-,37-,38-/m1/s1. The van der Waals surface area contributed by atoms with Gasteiger partial charge >= 0.3 is 29.2 Å². The molecule has 0 spiro atoms. The fraction of sp³-hybridized carbons (Fsp3) is 0.479. The van der Waals surface area contributed by atoms with Crippen LogP contribution in [0.1, 0.15) is 112 Å². The lowest BCUT2D eigenvalue weighted by Gasteiger charge is -2.39. The molecule has 0 aliphatic carbocycles. The van der Waals surface area contributed by atoms with Gasteiger partial charge in [-0.25, -0.2) is 23.1 Å². The molecule has 2 unspecified atom stereocenters. The van der Waals surface area contributed by atoms with Crippen LogP contribution < -0.4 is 46.5 Å². The molecule has 1 aromatic heterocycles. The van der Waals surface area contributed by atoms with Crippen molar-refractivity contribution >= 4 is 68.2 Å². The van der Waals surface area contributed by atoms with Crippen LogP contribution in [0.4, 0.5) is 5.69 Å². The Bertz CT molecular complexity index is 3470. The highest BCUT2D eigenvalue weighted by molar-refractivity contribution is 8.77. The van der Waals surface area contributed by atoms with E-state index in [2.05, 4.69) is 40.5 Å². The van der Waals surface area contributed by atoms with E-state index in [0.717, 1.165) is 121 Å². The predicted octanol–water partition coefficient (Wildman–Crippen LogP) is 3.21. The maximum Gasteiger partial charge on any atom is 0.490 e. The largest absolute Gasteiger partial charge is 0.545 e. The van der Waals surface area contributed by atoms with Crippen LogP contribution in [0, 0.1) is 6.92 Å². The van der Waals surface area contributed by atoms with Gasteiger partial charge in [0.2, 0.25) is 5.36 Å². The number of aromatic amines is 1. The Morgan fingerprint density at radius 1 is 0.921 bits per heavy atom. The van der Waals surface area contributed by atoms with E-state index in [1.807, 2.05) is 13.8 Å². The Morgan fingerprint density at radius 3 is 2.39 bits per heavy atom. The number of aryl methyl sites for hydroxylation is 3. The van der Waals surface area contributed by atoms with Crippen LogP contribution >= 0.6 is 45.1 Å². The zero-order valence-electron chi connectivity index (χ0n) is 41.5. The summed E-state index contributed by atoms with van der Waals surface area (Å²) in [6.07, 6.45) is 5.30. The minimum absolute atomic E-state index is 0.0637. The van der Waals surface area contributed by atoms with E-state index in [9.17, 15) is 47.8 Å². The van der Waals surface area contributed by atoms with Crippen LogP contribution in [0.2, 0.25) is 0 Å². The summed E-state index contributed by atoms with van der Waals surface area (Å²) in [4.78, 5) is 94.1. The lowest BCUT2D eigenvalue weighted by molar-refractivity contribution is -0.255. The van der Waals surface area contributed by atoms with Crippen LogP contribution in [0.15, 0.2) is 46.1 Å². The number of hydrogen-bond donors (Lipinski definition) is 6. The second-order valence-electron chi connectivity index (χ2n) is 20.1. The summed E-state index contributed by atoms with van der Waals surface area (Å²) < 4.78 is 70.0. The number of nitrogens with zero attached hydrogens (tertiary/aromatic N) is 3. The van der Waals surface area contributed by atoms with Gasteiger partial charge in [-0.05, 0) is 94.7 Å². The van der Waals surface area contributed by atoms with Crippen molar-refractivity contribution in [3.63, 3.8) is 0 Å². The van der Waals surface area contributed by atoms with Gasteiger partial charge in [0.15, 0.2) is 0 Å². The van der Waals surface area contributed by atoms with E-state index < -0.39 is 76.4 Å². The zero-order valence-corrected chi connectivity index (χ0v) is 45.8. The number of aromatic carboxylic acids is 1. The number of aromatic nitrogens is 2. The number of carboxylic acids is 1. The molecular weight excluding hydrogens is 1090 g/mol. The van der Waals surface area contributed by atoms with Crippen molar-refractivity contribution in [1.29, 1.82) is 0 Å². The number of phosphoric ester groups is 1. The first-order valence-electron chi connectivity index (χ1n) is 24.7. The second kappa shape index (κ2) is 21.3. The number of nitrogens with one attached hydrogen (secondary N) is 2. The Hall–Kier alpha value is -4.42. The van der Waals surface area contributed by atoms with E-state index >= 15 is 0 Å². The van der Waals surface area contributed by atoms with Crippen molar-refractivity contribution in [1.82, 2.24) is 19.4 Å². The van der Waals surface area contributed by atoms with E-state index in [4.69, 9.17) is 28.5 Å². The number of benzene rings is 3. The van der Waals surface area contributed by atoms with Crippen LogP contribution in [-0.2, 0) is 62.0 Å². The third kappa shape index (κ3) is 11.5. The number of hydrogen-bond acceptors (Lipinski definition) is 17. The minimum Gasteiger partial charge on any atom is -0.545 e. The normalized spacial score (nSPS) is 21.4. The van der Waals surface area contributed by atoms with Crippen LogP contribution in [0.3, 0.4) is 0 Å². The summed E-state index contributed by atoms with van der Waals surface area (Å²) in [6.45, 7) is 8.34. The molecule has 4 aromatic rings. The summed E-state index contributed by atoms with van der Waals surface area (Å²) in [5.41, 5.74) is 6.74. The molecule has 0 radical (unpaired) electrons. The molecule has 0 bridgehead atoms. The average molecular weight is 1150 g/mol. The first-order chi connectivity index (χ1) is 35.9. The monoisotopic (exact) mass is 1150 g/mol. The number of phosphoric acid groups is 3. The van der Waals surface area contributed by atoms with E-state index in [1.165, 1.54) is 62.9 Å². The molecule has 23 nitrogen and oxygen atoms in total. The number of carbonyl (C=O) groups is 2. The molecular formula is C48H56N5O18P3S2. The van der Waals surface area contributed by atoms with Crippen LogP contribution in [-0.4, -0.2) is 103 Å². The summed E-state index contributed by atoms with van der Waals surface area (Å²) >= 11 is 0. The van der Waals surface area contributed by atoms with E-state index in [-0.39, 0.29) is 35.6 Å². The van der Waals surface area contributed by atoms with Crippen LogP contribution in [0.5, 0.6) is 11.5 Å². The topological polar surface area (TPSA) is 318 Å². The molecule has 3 aromatic carbocycles. The molecule has 1 amide bonds. The van der Waals surface area contributed by atoms with E-state index in [0.29, 0.717) is 5.56 Å².